The van der Waals surface area contributed by atoms with Crippen molar-refractivity contribution in [2.75, 3.05) is 11.9 Å². The molecule has 17 heavy (non-hydrogen) atoms. The van der Waals surface area contributed by atoms with E-state index >= 15 is 0 Å². The zero-order valence-corrected chi connectivity index (χ0v) is 10.7. The molecule has 1 aromatic rings. The highest BCUT2D eigenvalue weighted by atomic mass is 16.4. The van der Waals surface area contributed by atoms with Crippen molar-refractivity contribution < 1.29 is 4.42 Å². The Hall–Kier alpha value is -1.10. The Kier molecular flexibility index (Phi) is 4.36. The van der Waals surface area contributed by atoms with E-state index in [2.05, 4.69) is 34.7 Å². The molecule has 1 aliphatic rings. The maximum atomic E-state index is 5.54. The van der Waals surface area contributed by atoms with E-state index in [0.717, 1.165) is 13.0 Å². The summed E-state index contributed by atoms with van der Waals surface area (Å²) in [5, 5.41) is 14.6. The van der Waals surface area contributed by atoms with Crippen molar-refractivity contribution in [2.24, 2.45) is 5.92 Å². The van der Waals surface area contributed by atoms with Crippen LogP contribution in [0.1, 0.15) is 45.4 Å². The standard InChI is InChI=1S/C12H22N4O/c1-3-7-13-8-11-15-16-12(17-11)14-10-6-4-5-9(10)2/h9-10,13H,3-8H2,1-2H3,(H,14,16). The molecule has 1 heterocycles. The van der Waals surface area contributed by atoms with Crippen molar-refractivity contribution in [1.29, 1.82) is 0 Å². The average Bonchev–Trinajstić information content (AvgIpc) is 2.91. The summed E-state index contributed by atoms with van der Waals surface area (Å²) in [6.07, 6.45) is 4.89. The molecule has 0 amide bonds. The number of hydrogen-bond donors (Lipinski definition) is 2. The third kappa shape index (κ3) is 3.43. The molecule has 2 unspecified atom stereocenters. The largest absolute Gasteiger partial charge is 0.407 e. The van der Waals surface area contributed by atoms with Gasteiger partial charge >= 0.3 is 6.01 Å². The molecular formula is C12H22N4O. The Balaban J connectivity index is 1.81. The molecule has 0 spiro atoms. The fourth-order valence-corrected chi connectivity index (χ4v) is 2.27. The summed E-state index contributed by atoms with van der Waals surface area (Å²) in [5.74, 6) is 1.36. The van der Waals surface area contributed by atoms with Crippen molar-refractivity contribution in [2.45, 2.75) is 52.1 Å². The minimum Gasteiger partial charge on any atom is -0.407 e. The molecule has 0 bridgehead atoms. The molecule has 1 saturated carbocycles. The molecule has 1 aromatic heterocycles. The van der Waals surface area contributed by atoms with Crippen LogP contribution in [0.25, 0.3) is 0 Å². The topological polar surface area (TPSA) is 63.0 Å². The van der Waals surface area contributed by atoms with Crippen molar-refractivity contribution in [3.05, 3.63) is 5.89 Å². The lowest BCUT2D eigenvalue weighted by atomic mass is 10.1. The van der Waals surface area contributed by atoms with Gasteiger partial charge in [0.2, 0.25) is 5.89 Å². The second-order valence-corrected chi connectivity index (χ2v) is 4.84. The fraction of sp³-hybridized carbons (Fsp3) is 0.833. The molecule has 1 fully saturated rings. The van der Waals surface area contributed by atoms with Gasteiger partial charge in [-0.15, -0.1) is 5.10 Å². The number of nitrogens with one attached hydrogen (secondary N) is 2. The summed E-state index contributed by atoms with van der Waals surface area (Å²) in [6, 6.07) is 1.06. The summed E-state index contributed by atoms with van der Waals surface area (Å²) in [7, 11) is 0. The van der Waals surface area contributed by atoms with Gasteiger partial charge in [-0.1, -0.05) is 25.4 Å². The smallest absolute Gasteiger partial charge is 0.315 e. The minimum absolute atomic E-state index is 0.493. The summed E-state index contributed by atoms with van der Waals surface area (Å²) < 4.78 is 5.54. The second kappa shape index (κ2) is 6.00. The van der Waals surface area contributed by atoms with Gasteiger partial charge in [0.1, 0.15) is 0 Å². The second-order valence-electron chi connectivity index (χ2n) is 4.84. The number of aromatic nitrogens is 2. The van der Waals surface area contributed by atoms with Crippen LogP contribution in [-0.2, 0) is 6.54 Å². The van der Waals surface area contributed by atoms with Crippen molar-refractivity contribution in [1.82, 2.24) is 15.5 Å². The molecule has 96 valence electrons. The van der Waals surface area contributed by atoms with Crippen molar-refractivity contribution in [3.8, 4) is 0 Å². The first kappa shape index (κ1) is 12.4. The first-order valence-electron chi connectivity index (χ1n) is 6.59. The van der Waals surface area contributed by atoms with E-state index in [1.165, 1.54) is 19.3 Å². The van der Waals surface area contributed by atoms with E-state index in [1.54, 1.807) is 0 Å². The van der Waals surface area contributed by atoms with Crippen LogP contribution < -0.4 is 10.6 Å². The van der Waals surface area contributed by atoms with Gasteiger partial charge in [-0.25, -0.2) is 0 Å². The van der Waals surface area contributed by atoms with E-state index in [1.807, 2.05) is 0 Å². The molecule has 2 rings (SSSR count). The Labute approximate surface area is 102 Å². The normalized spacial score (nSPS) is 24.1. The van der Waals surface area contributed by atoms with Gasteiger partial charge in [0.05, 0.1) is 6.54 Å². The monoisotopic (exact) mass is 238 g/mol. The molecule has 2 atom stereocenters. The van der Waals surface area contributed by atoms with Gasteiger partial charge in [0.25, 0.3) is 0 Å². The maximum absolute atomic E-state index is 5.54. The molecule has 0 radical (unpaired) electrons. The molecule has 0 aliphatic heterocycles. The minimum atomic E-state index is 0.493. The Morgan fingerprint density at radius 1 is 1.35 bits per heavy atom. The summed E-state index contributed by atoms with van der Waals surface area (Å²) in [4.78, 5) is 0. The van der Waals surface area contributed by atoms with Gasteiger partial charge in [-0.3, -0.25) is 0 Å². The average molecular weight is 238 g/mol. The van der Waals surface area contributed by atoms with Crippen LogP contribution in [0.3, 0.4) is 0 Å². The Bertz CT molecular complexity index is 339. The molecule has 2 N–H and O–H groups in total. The molecule has 1 aliphatic carbocycles. The SMILES string of the molecule is CCCNCc1nnc(NC2CCCC2C)o1. The predicted molar refractivity (Wildman–Crippen MR) is 66.7 cm³/mol. The Morgan fingerprint density at radius 3 is 2.94 bits per heavy atom. The lowest BCUT2D eigenvalue weighted by molar-refractivity contribution is 0.463. The van der Waals surface area contributed by atoms with Crippen molar-refractivity contribution in [3.63, 3.8) is 0 Å². The van der Waals surface area contributed by atoms with Crippen LogP contribution in [0.15, 0.2) is 4.42 Å². The lowest BCUT2D eigenvalue weighted by Gasteiger charge is -2.14. The van der Waals surface area contributed by atoms with E-state index in [0.29, 0.717) is 30.4 Å². The number of rotatable bonds is 6. The Morgan fingerprint density at radius 2 is 2.24 bits per heavy atom. The van der Waals surface area contributed by atoms with Crippen LogP contribution in [0.5, 0.6) is 0 Å². The summed E-state index contributed by atoms with van der Waals surface area (Å²) >= 11 is 0. The van der Waals surface area contributed by atoms with Gasteiger partial charge in [0.15, 0.2) is 0 Å². The van der Waals surface area contributed by atoms with Gasteiger partial charge < -0.3 is 15.1 Å². The highest BCUT2D eigenvalue weighted by molar-refractivity contribution is 5.20. The quantitative estimate of drug-likeness (QED) is 0.744. The molecule has 0 aromatic carbocycles. The van der Waals surface area contributed by atoms with Crippen LogP contribution in [-0.4, -0.2) is 22.8 Å². The van der Waals surface area contributed by atoms with Crippen molar-refractivity contribution >= 4 is 6.01 Å². The highest BCUT2D eigenvalue weighted by Crippen LogP contribution is 2.27. The van der Waals surface area contributed by atoms with E-state index < -0.39 is 0 Å². The number of anilines is 1. The molecule has 0 saturated heterocycles. The maximum Gasteiger partial charge on any atom is 0.315 e. The van der Waals surface area contributed by atoms with Crippen LogP contribution in [0.2, 0.25) is 0 Å². The zero-order valence-electron chi connectivity index (χ0n) is 10.7. The fourth-order valence-electron chi connectivity index (χ4n) is 2.27. The third-order valence-corrected chi connectivity index (χ3v) is 3.34. The highest BCUT2D eigenvalue weighted by Gasteiger charge is 2.24. The first-order chi connectivity index (χ1) is 8.29. The lowest BCUT2D eigenvalue weighted by Crippen LogP contribution is -2.21. The zero-order chi connectivity index (χ0) is 12.1. The molecule has 5 nitrogen and oxygen atoms in total. The van der Waals surface area contributed by atoms with Crippen LogP contribution >= 0.6 is 0 Å². The van der Waals surface area contributed by atoms with Gasteiger partial charge in [-0.05, 0) is 31.7 Å². The van der Waals surface area contributed by atoms with Crippen LogP contribution in [0.4, 0.5) is 6.01 Å². The van der Waals surface area contributed by atoms with E-state index in [4.69, 9.17) is 4.42 Å². The van der Waals surface area contributed by atoms with E-state index in [9.17, 15) is 0 Å². The molecule has 5 heteroatoms. The summed E-state index contributed by atoms with van der Waals surface area (Å²) in [5.41, 5.74) is 0. The number of nitrogens with zero attached hydrogens (tertiary/aromatic N) is 2. The molecular weight excluding hydrogens is 216 g/mol. The van der Waals surface area contributed by atoms with Crippen LogP contribution in [0, 0.1) is 5.92 Å². The first-order valence-corrected chi connectivity index (χ1v) is 6.59. The number of hydrogen-bond acceptors (Lipinski definition) is 5. The van der Waals surface area contributed by atoms with Gasteiger partial charge in [0, 0.05) is 6.04 Å². The predicted octanol–water partition coefficient (Wildman–Crippen LogP) is 2.17. The van der Waals surface area contributed by atoms with Gasteiger partial charge in [-0.2, -0.15) is 0 Å². The third-order valence-electron chi connectivity index (χ3n) is 3.34. The summed E-state index contributed by atoms with van der Waals surface area (Å²) in [6.45, 7) is 6.04. The van der Waals surface area contributed by atoms with E-state index in [-0.39, 0.29) is 0 Å².